The molecule has 4 rings (SSSR count). The van der Waals surface area contributed by atoms with Crippen LogP contribution in [0.1, 0.15) is 55.0 Å². The van der Waals surface area contributed by atoms with Crippen LogP contribution in [0.25, 0.3) is 0 Å². The molecule has 0 saturated carbocycles. The van der Waals surface area contributed by atoms with Gasteiger partial charge in [0.1, 0.15) is 11.4 Å². The fourth-order valence-electron chi connectivity index (χ4n) is 3.82. The molecule has 9 heteroatoms. The number of nitrogens with two attached hydrogens (primary N) is 1. The number of benzene rings is 2. The molecular weight excluding hydrogens is 440 g/mol. The molecule has 8 nitrogen and oxygen atoms in total. The number of nitrogens with zero attached hydrogens (tertiary/aromatic N) is 2. The topological polar surface area (TPSA) is 115 Å². The summed E-state index contributed by atoms with van der Waals surface area (Å²) in [4.78, 5) is 43.3. The Morgan fingerprint density at radius 2 is 1.82 bits per heavy atom. The third-order valence-electron chi connectivity index (χ3n) is 5.64. The van der Waals surface area contributed by atoms with E-state index in [1.165, 1.54) is 30.6 Å². The zero-order chi connectivity index (χ0) is 23.4. The summed E-state index contributed by atoms with van der Waals surface area (Å²) in [7, 11) is 1.48. The Hall–Kier alpha value is -3.72. The third kappa shape index (κ3) is 5.04. The number of rotatable bonds is 6. The lowest BCUT2D eigenvalue weighted by atomic mass is 9.97. The Morgan fingerprint density at radius 1 is 1.09 bits per heavy atom. The largest absolute Gasteiger partial charge is 0.495 e. The van der Waals surface area contributed by atoms with Crippen molar-refractivity contribution in [2.24, 2.45) is 5.73 Å². The van der Waals surface area contributed by atoms with Gasteiger partial charge in [-0.15, -0.1) is 11.3 Å². The Kier molecular flexibility index (Phi) is 6.69. The molecule has 3 amide bonds. The number of nitrogens with one attached hydrogen (secondary N) is 1. The normalized spacial score (nSPS) is 14.0. The molecule has 2 aromatic carbocycles. The number of anilines is 1. The monoisotopic (exact) mass is 464 g/mol. The molecule has 0 bridgehead atoms. The zero-order valence-electron chi connectivity index (χ0n) is 18.1. The second-order valence-electron chi connectivity index (χ2n) is 7.74. The number of primary amides is 1. The van der Waals surface area contributed by atoms with Gasteiger partial charge in [-0.05, 0) is 43.2 Å². The van der Waals surface area contributed by atoms with Gasteiger partial charge in [-0.3, -0.25) is 14.4 Å². The molecule has 1 aliphatic rings. The van der Waals surface area contributed by atoms with Crippen LogP contribution >= 0.6 is 11.3 Å². The average Bonchev–Trinajstić information content (AvgIpc) is 3.35. The van der Waals surface area contributed by atoms with E-state index >= 15 is 0 Å². The van der Waals surface area contributed by atoms with Gasteiger partial charge in [-0.25, -0.2) is 4.98 Å². The van der Waals surface area contributed by atoms with Crippen molar-refractivity contribution in [3.8, 4) is 5.75 Å². The van der Waals surface area contributed by atoms with Crippen molar-refractivity contribution in [2.45, 2.75) is 18.8 Å². The number of methoxy groups -OCH3 is 1. The van der Waals surface area contributed by atoms with Crippen molar-refractivity contribution in [1.29, 1.82) is 0 Å². The fourth-order valence-corrected chi connectivity index (χ4v) is 4.79. The Labute approximate surface area is 195 Å². The number of amides is 3. The molecule has 0 atom stereocenters. The number of piperidine rings is 1. The Bertz CT molecular complexity index is 1170. The zero-order valence-corrected chi connectivity index (χ0v) is 18.9. The van der Waals surface area contributed by atoms with E-state index in [4.69, 9.17) is 10.5 Å². The van der Waals surface area contributed by atoms with E-state index in [-0.39, 0.29) is 17.4 Å². The van der Waals surface area contributed by atoms with E-state index in [9.17, 15) is 14.4 Å². The number of carbonyl (C=O) groups is 3. The van der Waals surface area contributed by atoms with Crippen LogP contribution in [0.2, 0.25) is 0 Å². The summed E-state index contributed by atoms with van der Waals surface area (Å²) in [5.74, 6) is -0.334. The van der Waals surface area contributed by atoms with Crippen molar-refractivity contribution in [2.75, 3.05) is 25.5 Å². The first kappa shape index (κ1) is 22.5. The van der Waals surface area contributed by atoms with Crippen LogP contribution in [0.4, 0.5) is 5.69 Å². The summed E-state index contributed by atoms with van der Waals surface area (Å²) in [5.41, 5.74) is 6.94. The molecule has 170 valence electrons. The maximum atomic E-state index is 12.8. The van der Waals surface area contributed by atoms with Gasteiger partial charge in [-0.2, -0.15) is 0 Å². The predicted molar refractivity (Wildman–Crippen MR) is 126 cm³/mol. The first-order valence-electron chi connectivity index (χ1n) is 10.5. The molecule has 1 aliphatic heterocycles. The average molecular weight is 465 g/mol. The first-order valence-corrected chi connectivity index (χ1v) is 11.4. The SMILES string of the molecule is COc1ccc(C(N)=O)cc1NC(=O)c1csc(C2CCN(C(=O)c3ccccc3)CC2)n1. The van der Waals surface area contributed by atoms with Gasteiger partial charge in [0.2, 0.25) is 5.91 Å². The van der Waals surface area contributed by atoms with E-state index in [0.717, 1.165) is 17.8 Å². The van der Waals surface area contributed by atoms with Crippen molar-refractivity contribution < 1.29 is 19.1 Å². The van der Waals surface area contributed by atoms with Crippen LogP contribution in [0.15, 0.2) is 53.9 Å². The smallest absolute Gasteiger partial charge is 0.275 e. The summed E-state index contributed by atoms with van der Waals surface area (Å²) in [6.45, 7) is 1.30. The minimum atomic E-state index is -0.596. The number of thiazole rings is 1. The van der Waals surface area contributed by atoms with Crippen LogP contribution in [-0.2, 0) is 0 Å². The Balaban J connectivity index is 1.40. The number of hydrogen-bond donors (Lipinski definition) is 2. The highest BCUT2D eigenvalue weighted by Crippen LogP contribution is 2.31. The second kappa shape index (κ2) is 9.83. The van der Waals surface area contributed by atoms with Crippen LogP contribution in [-0.4, -0.2) is 47.8 Å². The van der Waals surface area contributed by atoms with Gasteiger partial charge in [0.05, 0.1) is 17.8 Å². The lowest BCUT2D eigenvalue weighted by Crippen LogP contribution is -2.37. The summed E-state index contributed by atoms with van der Waals surface area (Å²) in [5, 5.41) is 5.35. The molecule has 0 aliphatic carbocycles. The number of aromatic nitrogens is 1. The summed E-state index contributed by atoms with van der Waals surface area (Å²) in [6.07, 6.45) is 1.59. The molecule has 0 unspecified atom stereocenters. The number of likely N-dealkylation sites (tertiary alicyclic amines) is 1. The van der Waals surface area contributed by atoms with E-state index < -0.39 is 11.8 Å². The molecule has 1 saturated heterocycles. The summed E-state index contributed by atoms with van der Waals surface area (Å²) < 4.78 is 5.26. The Morgan fingerprint density at radius 3 is 2.48 bits per heavy atom. The van der Waals surface area contributed by atoms with Gasteiger partial charge in [0, 0.05) is 35.5 Å². The predicted octanol–water partition coefficient (Wildman–Crippen LogP) is 3.52. The molecule has 2 heterocycles. The molecule has 1 aromatic heterocycles. The molecule has 1 fully saturated rings. The molecule has 0 spiro atoms. The minimum absolute atomic E-state index is 0.0420. The number of hydrogen-bond acceptors (Lipinski definition) is 6. The van der Waals surface area contributed by atoms with Gasteiger partial charge in [-0.1, -0.05) is 18.2 Å². The molecular formula is C24H24N4O4S. The van der Waals surface area contributed by atoms with E-state index in [1.807, 2.05) is 35.2 Å². The first-order chi connectivity index (χ1) is 16.0. The van der Waals surface area contributed by atoms with Crippen LogP contribution < -0.4 is 15.8 Å². The molecule has 33 heavy (non-hydrogen) atoms. The minimum Gasteiger partial charge on any atom is -0.495 e. The van der Waals surface area contributed by atoms with Gasteiger partial charge < -0.3 is 20.7 Å². The van der Waals surface area contributed by atoms with Crippen LogP contribution in [0.5, 0.6) is 5.75 Å². The number of ether oxygens (including phenoxy) is 1. The second-order valence-corrected chi connectivity index (χ2v) is 8.63. The standard InChI is InChI=1S/C24H24N4O4S/c1-32-20-8-7-17(21(25)29)13-18(20)26-22(30)19-14-33-23(27-19)15-9-11-28(12-10-15)24(31)16-5-3-2-4-6-16/h2-8,13-15H,9-12H2,1H3,(H2,25,29)(H,26,30). The van der Waals surface area contributed by atoms with Crippen molar-refractivity contribution in [1.82, 2.24) is 9.88 Å². The van der Waals surface area contributed by atoms with E-state index in [1.54, 1.807) is 11.4 Å². The third-order valence-corrected chi connectivity index (χ3v) is 6.65. The van der Waals surface area contributed by atoms with Crippen LogP contribution in [0.3, 0.4) is 0 Å². The number of carbonyl (C=O) groups excluding carboxylic acids is 3. The molecule has 3 aromatic rings. The quantitative estimate of drug-likeness (QED) is 0.579. The van der Waals surface area contributed by atoms with Gasteiger partial charge in [0.15, 0.2) is 0 Å². The molecule has 0 radical (unpaired) electrons. The van der Waals surface area contributed by atoms with Crippen molar-refractivity contribution >= 4 is 34.7 Å². The highest BCUT2D eigenvalue weighted by molar-refractivity contribution is 7.10. The lowest BCUT2D eigenvalue weighted by Gasteiger charge is -2.31. The summed E-state index contributed by atoms with van der Waals surface area (Å²) >= 11 is 1.44. The maximum absolute atomic E-state index is 12.8. The summed E-state index contributed by atoms with van der Waals surface area (Å²) in [6, 6.07) is 13.9. The lowest BCUT2D eigenvalue weighted by molar-refractivity contribution is 0.0712. The van der Waals surface area contributed by atoms with Crippen LogP contribution in [0, 0.1) is 0 Å². The molecule has 3 N–H and O–H groups in total. The highest BCUT2D eigenvalue weighted by Gasteiger charge is 2.27. The maximum Gasteiger partial charge on any atom is 0.275 e. The van der Waals surface area contributed by atoms with Gasteiger partial charge >= 0.3 is 0 Å². The highest BCUT2D eigenvalue weighted by atomic mass is 32.1. The van der Waals surface area contributed by atoms with Gasteiger partial charge in [0.25, 0.3) is 11.8 Å². The van der Waals surface area contributed by atoms with E-state index in [2.05, 4.69) is 10.3 Å². The van der Waals surface area contributed by atoms with Crippen molar-refractivity contribution in [3.05, 3.63) is 75.7 Å². The van der Waals surface area contributed by atoms with Crippen molar-refractivity contribution in [3.63, 3.8) is 0 Å². The van der Waals surface area contributed by atoms with E-state index in [0.29, 0.717) is 35.8 Å². The fraction of sp³-hybridized carbons (Fsp3) is 0.250.